The highest BCUT2D eigenvalue weighted by Crippen LogP contribution is 2.33. The predicted octanol–water partition coefficient (Wildman–Crippen LogP) is 4.29. The van der Waals surface area contributed by atoms with E-state index in [4.69, 9.17) is 4.74 Å². The summed E-state index contributed by atoms with van der Waals surface area (Å²) in [5.74, 6) is 0.526. The largest absolute Gasteiger partial charge is 0.495 e. The number of ether oxygens (including phenoxy) is 1. The number of alkyl halides is 3. The third kappa shape index (κ3) is 3.87. The van der Waals surface area contributed by atoms with Crippen LogP contribution in [0.2, 0.25) is 0 Å². The van der Waals surface area contributed by atoms with E-state index in [1.165, 1.54) is 6.07 Å². The molecule has 0 saturated carbocycles. The second-order valence-corrected chi connectivity index (χ2v) is 7.68. The number of carbonyl (C=O) groups excluding carboxylic acids is 1. The van der Waals surface area contributed by atoms with Gasteiger partial charge in [-0.2, -0.15) is 13.2 Å². The lowest BCUT2D eigenvalue weighted by Crippen LogP contribution is -2.48. The van der Waals surface area contributed by atoms with Gasteiger partial charge in [0.15, 0.2) is 5.01 Å². The molecule has 2 aromatic carbocycles. The summed E-state index contributed by atoms with van der Waals surface area (Å²) in [4.78, 5) is 20.8. The standard InChI is InChI=1S/C20H18F3N3O2S/c1-28-16-5-3-2-4-15(16)25-8-10-26(11-9-25)19(27)18-24-14-12-13(20(21,22)23)6-7-17(14)29-18/h2-7,12H,8-11H2,1H3. The molecule has 29 heavy (non-hydrogen) atoms. The highest BCUT2D eigenvalue weighted by Gasteiger charge is 2.31. The van der Waals surface area contributed by atoms with E-state index in [1.807, 2.05) is 24.3 Å². The fourth-order valence-electron chi connectivity index (χ4n) is 3.37. The van der Waals surface area contributed by atoms with Crippen LogP contribution in [0.4, 0.5) is 18.9 Å². The Morgan fingerprint density at radius 1 is 1.10 bits per heavy atom. The van der Waals surface area contributed by atoms with Gasteiger partial charge in [0.25, 0.3) is 5.91 Å². The van der Waals surface area contributed by atoms with Gasteiger partial charge in [0.1, 0.15) is 5.75 Å². The fraction of sp³-hybridized carbons (Fsp3) is 0.300. The Labute approximate surface area is 169 Å². The Balaban J connectivity index is 1.48. The van der Waals surface area contributed by atoms with E-state index >= 15 is 0 Å². The third-order valence-corrected chi connectivity index (χ3v) is 5.91. The van der Waals surface area contributed by atoms with Crippen molar-refractivity contribution in [2.24, 2.45) is 0 Å². The topological polar surface area (TPSA) is 45.7 Å². The van der Waals surface area contributed by atoms with Crippen LogP contribution in [-0.4, -0.2) is 49.1 Å². The lowest BCUT2D eigenvalue weighted by molar-refractivity contribution is -0.137. The van der Waals surface area contributed by atoms with E-state index < -0.39 is 11.7 Å². The van der Waals surface area contributed by atoms with E-state index in [-0.39, 0.29) is 16.4 Å². The number of rotatable bonds is 3. The van der Waals surface area contributed by atoms with Crippen molar-refractivity contribution < 1.29 is 22.7 Å². The van der Waals surface area contributed by atoms with Crippen LogP contribution in [0.5, 0.6) is 5.75 Å². The van der Waals surface area contributed by atoms with Crippen molar-refractivity contribution in [1.82, 2.24) is 9.88 Å². The van der Waals surface area contributed by atoms with Gasteiger partial charge in [-0.15, -0.1) is 11.3 Å². The number of fused-ring (bicyclic) bond motifs is 1. The van der Waals surface area contributed by atoms with Crippen LogP contribution in [0.1, 0.15) is 15.4 Å². The number of aromatic nitrogens is 1. The van der Waals surface area contributed by atoms with Crippen molar-refractivity contribution in [1.29, 1.82) is 0 Å². The van der Waals surface area contributed by atoms with Gasteiger partial charge < -0.3 is 14.5 Å². The zero-order valence-corrected chi connectivity index (χ0v) is 16.4. The van der Waals surface area contributed by atoms with Gasteiger partial charge in [-0.25, -0.2) is 4.98 Å². The van der Waals surface area contributed by atoms with Crippen molar-refractivity contribution in [3.05, 3.63) is 53.0 Å². The van der Waals surface area contributed by atoms with Gasteiger partial charge in [0.05, 0.1) is 28.6 Å². The minimum Gasteiger partial charge on any atom is -0.495 e. The number of piperazine rings is 1. The molecule has 152 valence electrons. The zero-order valence-electron chi connectivity index (χ0n) is 15.6. The lowest BCUT2D eigenvalue weighted by Gasteiger charge is -2.36. The molecular formula is C20H18F3N3O2S. The van der Waals surface area contributed by atoms with E-state index in [0.29, 0.717) is 30.9 Å². The first-order valence-corrected chi connectivity index (χ1v) is 9.83. The van der Waals surface area contributed by atoms with Crippen LogP contribution < -0.4 is 9.64 Å². The molecule has 0 aliphatic carbocycles. The SMILES string of the molecule is COc1ccccc1N1CCN(C(=O)c2nc3cc(C(F)(F)F)ccc3s2)CC1. The number of anilines is 1. The van der Waals surface area contributed by atoms with Crippen molar-refractivity contribution in [3.8, 4) is 5.75 Å². The smallest absolute Gasteiger partial charge is 0.416 e. The molecule has 0 unspecified atom stereocenters. The van der Waals surface area contributed by atoms with Crippen LogP contribution in [0.25, 0.3) is 10.2 Å². The number of amides is 1. The number of hydrogen-bond acceptors (Lipinski definition) is 5. The Kier molecular flexibility index (Phi) is 5.08. The number of para-hydroxylation sites is 2. The van der Waals surface area contributed by atoms with Gasteiger partial charge in [0.2, 0.25) is 0 Å². The first kappa shape index (κ1) is 19.5. The first-order chi connectivity index (χ1) is 13.9. The maximum Gasteiger partial charge on any atom is 0.416 e. The molecular weight excluding hydrogens is 403 g/mol. The van der Waals surface area contributed by atoms with Crippen molar-refractivity contribution in [3.63, 3.8) is 0 Å². The molecule has 1 saturated heterocycles. The maximum absolute atomic E-state index is 12.9. The summed E-state index contributed by atoms with van der Waals surface area (Å²) in [6, 6.07) is 11.1. The predicted molar refractivity (Wildman–Crippen MR) is 106 cm³/mol. The van der Waals surface area contributed by atoms with Crippen LogP contribution >= 0.6 is 11.3 Å². The number of methoxy groups -OCH3 is 1. The van der Waals surface area contributed by atoms with Gasteiger partial charge in [0, 0.05) is 26.2 Å². The van der Waals surface area contributed by atoms with Gasteiger partial charge in [-0.3, -0.25) is 4.79 Å². The number of thiazole rings is 1. The summed E-state index contributed by atoms with van der Waals surface area (Å²) in [6.45, 7) is 2.27. The molecule has 0 spiro atoms. The molecule has 0 bridgehead atoms. The number of carbonyl (C=O) groups is 1. The summed E-state index contributed by atoms with van der Waals surface area (Å²) in [5.41, 5.74) is 0.405. The van der Waals surface area contributed by atoms with Crippen LogP contribution in [0, 0.1) is 0 Å². The van der Waals surface area contributed by atoms with E-state index in [0.717, 1.165) is 34.9 Å². The number of nitrogens with zero attached hydrogens (tertiary/aromatic N) is 3. The average molecular weight is 421 g/mol. The number of hydrogen-bond donors (Lipinski definition) is 0. The Morgan fingerprint density at radius 3 is 2.52 bits per heavy atom. The maximum atomic E-state index is 12.9. The van der Waals surface area contributed by atoms with Crippen molar-refractivity contribution in [2.45, 2.75) is 6.18 Å². The molecule has 3 aromatic rings. The fourth-order valence-corrected chi connectivity index (χ4v) is 4.29. The summed E-state index contributed by atoms with van der Waals surface area (Å²) < 4.78 is 44.6. The highest BCUT2D eigenvalue weighted by molar-refractivity contribution is 7.20. The zero-order chi connectivity index (χ0) is 20.6. The number of benzene rings is 2. The van der Waals surface area contributed by atoms with Gasteiger partial charge >= 0.3 is 6.18 Å². The highest BCUT2D eigenvalue weighted by atomic mass is 32.1. The van der Waals surface area contributed by atoms with Crippen LogP contribution in [0.3, 0.4) is 0 Å². The molecule has 9 heteroatoms. The van der Waals surface area contributed by atoms with E-state index in [1.54, 1.807) is 12.0 Å². The minimum absolute atomic E-state index is 0.195. The molecule has 1 fully saturated rings. The van der Waals surface area contributed by atoms with Crippen LogP contribution in [0.15, 0.2) is 42.5 Å². The Hall–Kier alpha value is -2.81. The monoisotopic (exact) mass is 421 g/mol. The quantitative estimate of drug-likeness (QED) is 0.633. The molecule has 2 heterocycles. The van der Waals surface area contributed by atoms with Gasteiger partial charge in [-0.05, 0) is 30.3 Å². The molecule has 0 atom stereocenters. The molecule has 0 N–H and O–H groups in total. The number of halogens is 3. The van der Waals surface area contributed by atoms with Crippen LogP contribution in [-0.2, 0) is 6.18 Å². The summed E-state index contributed by atoms with van der Waals surface area (Å²) in [6.07, 6.45) is -4.43. The van der Waals surface area contributed by atoms with E-state index in [2.05, 4.69) is 9.88 Å². The van der Waals surface area contributed by atoms with Gasteiger partial charge in [-0.1, -0.05) is 12.1 Å². The summed E-state index contributed by atoms with van der Waals surface area (Å²) >= 11 is 1.12. The normalized spacial score (nSPS) is 15.0. The molecule has 0 radical (unpaired) electrons. The van der Waals surface area contributed by atoms with E-state index in [9.17, 15) is 18.0 Å². The molecule has 1 amide bonds. The molecule has 5 nitrogen and oxygen atoms in total. The average Bonchev–Trinajstić information content (AvgIpc) is 3.16. The minimum atomic E-state index is -4.43. The Morgan fingerprint density at radius 2 is 1.83 bits per heavy atom. The molecule has 1 aliphatic rings. The molecule has 4 rings (SSSR count). The first-order valence-electron chi connectivity index (χ1n) is 9.02. The van der Waals surface area contributed by atoms with Crippen molar-refractivity contribution in [2.75, 3.05) is 38.2 Å². The molecule has 1 aromatic heterocycles. The summed E-state index contributed by atoms with van der Waals surface area (Å²) in [5, 5.41) is 0.213. The van der Waals surface area contributed by atoms with Crippen molar-refractivity contribution >= 4 is 33.1 Å². The second kappa shape index (κ2) is 7.55. The lowest BCUT2D eigenvalue weighted by atomic mass is 10.2. The molecule has 1 aliphatic heterocycles. The summed E-state index contributed by atoms with van der Waals surface area (Å²) in [7, 11) is 1.62. The second-order valence-electron chi connectivity index (χ2n) is 6.65. The third-order valence-electron chi connectivity index (χ3n) is 4.89. The Bertz CT molecular complexity index is 1040.